The number of thiophene rings is 1. The minimum Gasteiger partial charge on any atom is -0.456 e. The highest BCUT2D eigenvalue weighted by Crippen LogP contribution is 2.48. The normalized spacial score (nSPS) is 13.2. The van der Waals surface area contributed by atoms with Gasteiger partial charge in [0.25, 0.3) is 0 Å². The third-order valence-electron chi connectivity index (χ3n) is 23.5. The van der Waals surface area contributed by atoms with Crippen molar-refractivity contribution in [1.29, 1.82) is 0 Å². The van der Waals surface area contributed by atoms with E-state index in [2.05, 4.69) is 328 Å². The first kappa shape index (κ1) is 65.6. The number of fused-ring (bicyclic) bond motifs is 16. The molecular formula is C106H62N6O3S. The molecule has 6 aromatic heterocycles. The van der Waals surface area contributed by atoms with Crippen LogP contribution in [-0.4, -0.2) is 29.9 Å². The molecule has 10 heteroatoms. The van der Waals surface area contributed by atoms with Crippen LogP contribution in [0.1, 0.15) is 23.7 Å². The van der Waals surface area contributed by atoms with Crippen molar-refractivity contribution in [2.24, 2.45) is 0 Å². The van der Waals surface area contributed by atoms with E-state index in [1.54, 1.807) is 0 Å². The van der Waals surface area contributed by atoms with Crippen LogP contribution < -0.4 is 0 Å². The van der Waals surface area contributed by atoms with Gasteiger partial charge in [0, 0.05) is 97.4 Å². The lowest BCUT2D eigenvalue weighted by molar-refractivity contribution is 0.665. The van der Waals surface area contributed by atoms with Crippen LogP contribution in [0.15, 0.2) is 371 Å². The van der Waals surface area contributed by atoms with E-state index < -0.39 is 0 Å². The number of rotatable bonds is 11. The van der Waals surface area contributed by atoms with Crippen molar-refractivity contribution >= 4 is 146 Å². The zero-order valence-corrected chi connectivity index (χ0v) is 63.0. The number of allylic oxidation sites excluding steroid dienone is 4. The van der Waals surface area contributed by atoms with Crippen molar-refractivity contribution in [2.45, 2.75) is 12.3 Å². The van der Waals surface area contributed by atoms with Gasteiger partial charge in [0.05, 0.1) is 0 Å². The molecule has 23 aromatic rings. The molecule has 540 valence electrons. The average Bonchev–Trinajstić information content (AvgIpc) is 1.58. The molecule has 17 aromatic carbocycles. The molecule has 1 atom stereocenters. The molecule has 1 aliphatic carbocycles. The molecule has 116 heavy (non-hydrogen) atoms. The average molecular weight is 1500 g/mol. The summed E-state index contributed by atoms with van der Waals surface area (Å²) < 4.78 is 22.9. The van der Waals surface area contributed by atoms with Crippen LogP contribution in [0.4, 0.5) is 0 Å². The third kappa shape index (κ3) is 11.0. The predicted molar refractivity (Wildman–Crippen MR) is 478 cm³/mol. The number of benzene rings is 17. The van der Waals surface area contributed by atoms with E-state index in [4.69, 9.17) is 43.2 Å². The fourth-order valence-electron chi connectivity index (χ4n) is 17.6. The van der Waals surface area contributed by atoms with Crippen LogP contribution in [0.3, 0.4) is 0 Å². The second-order valence-electron chi connectivity index (χ2n) is 30.3. The Morgan fingerprint density at radius 2 is 0.707 bits per heavy atom. The number of furan rings is 3. The summed E-state index contributed by atoms with van der Waals surface area (Å²) in [7, 11) is 0. The molecule has 0 fully saturated rings. The van der Waals surface area contributed by atoms with Crippen LogP contribution in [0, 0.1) is 0 Å². The molecule has 0 aliphatic heterocycles. The van der Waals surface area contributed by atoms with Crippen molar-refractivity contribution < 1.29 is 13.3 Å². The van der Waals surface area contributed by atoms with Gasteiger partial charge in [-0.1, -0.05) is 267 Å². The van der Waals surface area contributed by atoms with Crippen LogP contribution in [0.25, 0.3) is 236 Å². The lowest BCUT2D eigenvalue weighted by Crippen LogP contribution is -2.08. The van der Waals surface area contributed by atoms with Gasteiger partial charge in [0.2, 0.25) is 0 Å². The van der Waals surface area contributed by atoms with E-state index >= 15 is 0 Å². The standard InChI is InChI=1S/C106H62N6O3S/c1-3-16-68-54-70(42-34-61(68)14-1)63-30-38-66(39-31-63)101-108-104(111-105(109-101)88-24-12-27-92-96(88)86-51-50-76(60-93(86)113-92)80-21-13-29-95-97(80)87-20-7-10-28-94(87)116-95)78-49-37-65-35-43-75(58-79(65)59-78)74-47-46-72-55-71(44-45-73(72)56-74)64-32-40-67(41-33-64)102-107-103(77-48-36-62-15-2-4-17-69(62)57-77)112-106(110-102)89-53-52-84(100-98(89)85-19-6-9-26-91(85)115-100)83-23-11-22-82-81-18-5-8-25-90(81)114-99(82)83/h1-38,40-60,66H,39H2. The molecule has 6 heterocycles. The molecule has 24 rings (SSSR count). The molecule has 0 radical (unpaired) electrons. The first-order valence-corrected chi connectivity index (χ1v) is 40.0. The molecule has 0 saturated heterocycles. The van der Waals surface area contributed by atoms with Crippen molar-refractivity contribution in [1.82, 2.24) is 29.9 Å². The number of aromatic nitrogens is 6. The fourth-order valence-corrected chi connectivity index (χ4v) is 18.8. The van der Waals surface area contributed by atoms with Gasteiger partial charge in [-0.3, -0.25) is 0 Å². The van der Waals surface area contributed by atoms with Gasteiger partial charge in [-0.25, -0.2) is 29.9 Å². The Morgan fingerprint density at radius 3 is 1.47 bits per heavy atom. The van der Waals surface area contributed by atoms with Crippen molar-refractivity contribution in [3.63, 3.8) is 0 Å². The first-order chi connectivity index (χ1) is 57.4. The first-order valence-electron chi connectivity index (χ1n) is 39.2. The van der Waals surface area contributed by atoms with Gasteiger partial charge in [-0.15, -0.1) is 11.3 Å². The van der Waals surface area contributed by atoms with Gasteiger partial charge in [-0.2, -0.15) is 0 Å². The van der Waals surface area contributed by atoms with E-state index in [-0.39, 0.29) is 5.92 Å². The number of hydrogen-bond donors (Lipinski definition) is 0. The van der Waals surface area contributed by atoms with Gasteiger partial charge in [0.1, 0.15) is 39.3 Å². The van der Waals surface area contributed by atoms with Gasteiger partial charge < -0.3 is 13.3 Å². The van der Waals surface area contributed by atoms with E-state index in [9.17, 15) is 0 Å². The summed E-state index contributed by atoms with van der Waals surface area (Å²) in [4.78, 5) is 32.3. The Balaban J connectivity index is 0.557. The Morgan fingerprint density at radius 1 is 0.250 bits per heavy atom. The van der Waals surface area contributed by atoms with Crippen LogP contribution in [0.5, 0.6) is 0 Å². The van der Waals surface area contributed by atoms with E-state index in [0.29, 0.717) is 34.9 Å². The highest BCUT2D eigenvalue weighted by atomic mass is 32.1. The molecule has 0 N–H and O–H groups in total. The largest absolute Gasteiger partial charge is 0.456 e. The SMILES string of the molecule is C1=CC(c2nc(-c3ccc4ccc(-c5ccc6cc(-c7ccc(-c8nc(-c9ccc%10ccccc%10c9)nc(-c9ccc(-c%10cccc%11c%10oc%10ccccc%10%11)c%10oc%11ccccc%11c9%10)n8)cc7)ccc6c5)cc4c3)nc(-c3cccc4oc5cc(-c6cccc7sc8ccccc8c67)ccc5c34)n2)CC=C1c1ccc2ccccc2c1. The van der Waals surface area contributed by atoms with Crippen molar-refractivity contribution in [2.75, 3.05) is 0 Å². The molecule has 1 aliphatic rings. The molecule has 0 saturated carbocycles. The Hall–Kier alpha value is -15.1. The Bertz CT molecular complexity index is 8160. The lowest BCUT2D eigenvalue weighted by atomic mass is 9.91. The van der Waals surface area contributed by atoms with Crippen LogP contribution >= 0.6 is 11.3 Å². The van der Waals surface area contributed by atoms with E-state index in [1.165, 1.54) is 47.6 Å². The number of nitrogens with zero attached hydrogens (tertiary/aromatic N) is 6. The molecule has 0 bridgehead atoms. The summed E-state index contributed by atoms with van der Waals surface area (Å²) in [5.41, 5.74) is 20.0. The maximum atomic E-state index is 6.89. The topological polar surface area (TPSA) is 117 Å². The Kier molecular flexibility index (Phi) is 14.8. The smallest absolute Gasteiger partial charge is 0.164 e. The summed E-state index contributed by atoms with van der Waals surface area (Å²) in [5, 5.41) is 17.7. The maximum absolute atomic E-state index is 6.89. The van der Waals surface area contributed by atoms with Crippen molar-refractivity contribution in [3.05, 3.63) is 369 Å². The highest BCUT2D eigenvalue weighted by Gasteiger charge is 2.27. The summed E-state index contributed by atoms with van der Waals surface area (Å²) in [5.74, 6) is 3.49. The van der Waals surface area contributed by atoms with Crippen molar-refractivity contribution in [3.8, 4) is 101 Å². The van der Waals surface area contributed by atoms with Gasteiger partial charge in [-0.05, 0) is 185 Å². The fraction of sp³-hybridized carbons (Fsp3) is 0.0189. The molecule has 1 unspecified atom stereocenters. The Labute approximate surface area is 667 Å². The van der Waals surface area contributed by atoms with Gasteiger partial charge >= 0.3 is 0 Å². The minimum absolute atomic E-state index is 0.0963. The molecule has 0 amide bonds. The zero-order chi connectivity index (χ0) is 76.1. The van der Waals surface area contributed by atoms with Gasteiger partial charge in [0.15, 0.2) is 29.1 Å². The second kappa shape index (κ2) is 26.3. The summed E-state index contributed by atoms with van der Waals surface area (Å²) in [6.45, 7) is 0. The minimum atomic E-state index is -0.0963. The van der Waals surface area contributed by atoms with E-state index in [0.717, 1.165) is 171 Å². The molecule has 9 nitrogen and oxygen atoms in total. The third-order valence-corrected chi connectivity index (χ3v) is 24.6. The predicted octanol–water partition coefficient (Wildman–Crippen LogP) is 28.9. The number of para-hydroxylation sites is 3. The molecular weight excluding hydrogens is 1440 g/mol. The summed E-state index contributed by atoms with van der Waals surface area (Å²) >= 11 is 1.83. The monoisotopic (exact) mass is 1500 g/mol. The summed E-state index contributed by atoms with van der Waals surface area (Å²) in [6.07, 6.45) is 7.55. The number of hydrogen-bond acceptors (Lipinski definition) is 10. The van der Waals surface area contributed by atoms with Crippen LogP contribution in [-0.2, 0) is 0 Å². The quantitative estimate of drug-likeness (QED) is 0.125. The van der Waals surface area contributed by atoms with E-state index in [1.807, 2.05) is 41.7 Å². The lowest BCUT2D eigenvalue weighted by Gasteiger charge is -2.17. The second-order valence-corrected chi connectivity index (χ2v) is 31.4. The maximum Gasteiger partial charge on any atom is 0.164 e. The molecule has 0 spiro atoms. The summed E-state index contributed by atoms with van der Waals surface area (Å²) in [6, 6.07) is 120. The highest BCUT2D eigenvalue weighted by molar-refractivity contribution is 7.26. The van der Waals surface area contributed by atoms with Crippen LogP contribution in [0.2, 0.25) is 0 Å². The zero-order valence-electron chi connectivity index (χ0n) is 62.2.